The van der Waals surface area contributed by atoms with Crippen LogP contribution in [0.15, 0.2) is 51.4 Å². The Balaban J connectivity index is 2.02. The summed E-state index contributed by atoms with van der Waals surface area (Å²) < 4.78 is 30.4. The second-order valence-corrected chi connectivity index (χ2v) is 11.5. The third-order valence-corrected chi connectivity index (χ3v) is 8.28. The second kappa shape index (κ2) is 14.2. The summed E-state index contributed by atoms with van der Waals surface area (Å²) in [7, 11) is 3.08. The summed E-state index contributed by atoms with van der Waals surface area (Å²) in [4.78, 5) is 44.6. The quantitative estimate of drug-likeness (QED) is 0.162. The maximum atomic E-state index is 14.2. The summed E-state index contributed by atoms with van der Waals surface area (Å²) in [6, 6.07) is 7.91. The molecule has 0 bridgehead atoms. The molecule has 2 heterocycles. The largest absolute Gasteiger partial charge is 0.497 e. The van der Waals surface area contributed by atoms with Gasteiger partial charge < -0.3 is 23.7 Å². The summed E-state index contributed by atoms with van der Waals surface area (Å²) in [6.07, 6.45) is 2.97. The number of fused-ring (bicyclic) bond motifs is 1. The van der Waals surface area contributed by atoms with Crippen molar-refractivity contribution in [1.29, 1.82) is 0 Å². The summed E-state index contributed by atoms with van der Waals surface area (Å²) in [6.45, 7) is 7.41. The number of thiazole rings is 1. The molecule has 4 rings (SSSR count). The van der Waals surface area contributed by atoms with Crippen molar-refractivity contribution in [2.45, 2.75) is 46.6 Å². The highest BCUT2D eigenvalue weighted by atomic mass is 127. The molecule has 1 aromatic heterocycles. The van der Waals surface area contributed by atoms with Crippen LogP contribution in [-0.4, -0.2) is 43.9 Å². The Morgan fingerprint density at radius 2 is 1.84 bits per heavy atom. The Hall–Kier alpha value is -3.65. The van der Waals surface area contributed by atoms with Crippen LogP contribution in [0, 0.1) is 3.57 Å². The number of esters is 2. The number of hydrogen-bond donors (Lipinski definition) is 0. The highest BCUT2D eigenvalue weighted by molar-refractivity contribution is 14.1. The van der Waals surface area contributed by atoms with E-state index in [0.29, 0.717) is 65.8 Å². The van der Waals surface area contributed by atoms with E-state index in [0.717, 1.165) is 6.42 Å². The van der Waals surface area contributed by atoms with Crippen LogP contribution in [0.2, 0.25) is 0 Å². The molecule has 12 heteroatoms. The molecule has 0 saturated heterocycles. The van der Waals surface area contributed by atoms with Gasteiger partial charge in [-0.15, -0.1) is 0 Å². The van der Waals surface area contributed by atoms with Gasteiger partial charge in [0.1, 0.15) is 17.5 Å². The van der Waals surface area contributed by atoms with Crippen LogP contribution in [0.3, 0.4) is 0 Å². The molecule has 0 amide bonds. The molecule has 0 saturated carbocycles. The van der Waals surface area contributed by atoms with Crippen molar-refractivity contribution in [3.05, 3.63) is 76.0 Å². The Morgan fingerprint density at radius 3 is 2.47 bits per heavy atom. The van der Waals surface area contributed by atoms with Gasteiger partial charge in [0.2, 0.25) is 0 Å². The molecular weight excluding hydrogens is 687 g/mol. The van der Waals surface area contributed by atoms with Crippen molar-refractivity contribution in [1.82, 2.24) is 4.57 Å². The molecule has 0 N–H and O–H groups in total. The predicted octanol–water partition coefficient (Wildman–Crippen LogP) is 4.52. The predicted molar refractivity (Wildman–Crippen MR) is 171 cm³/mol. The number of benzene rings is 2. The topological polar surface area (TPSA) is 115 Å². The number of halogens is 1. The maximum Gasteiger partial charge on any atom is 0.338 e. The van der Waals surface area contributed by atoms with Crippen LogP contribution in [0.5, 0.6) is 23.0 Å². The average Bonchev–Trinajstić information content (AvgIpc) is 3.28. The Bertz CT molecular complexity index is 1760. The summed E-state index contributed by atoms with van der Waals surface area (Å²) in [5.41, 5.74) is 1.74. The van der Waals surface area contributed by atoms with Crippen molar-refractivity contribution >= 4 is 51.9 Å². The van der Waals surface area contributed by atoms with Gasteiger partial charge in [-0.2, -0.15) is 0 Å². The van der Waals surface area contributed by atoms with Gasteiger partial charge in [0.25, 0.3) is 5.56 Å². The first-order chi connectivity index (χ1) is 20.7. The number of ether oxygens (including phenoxy) is 5. The monoisotopic (exact) mass is 720 g/mol. The minimum Gasteiger partial charge on any atom is -0.497 e. The van der Waals surface area contributed by atoms with Gasteiger partial charge in [-0.05, 0) is 84.8 Å². The molecule has 43 heavy (non-hydrogen) atoms. The highest BCUT2D eigenvalue weighted by Crippen LogP contribution is 2.39. The first-order valence-electron chi connectivity index (χ1n) is 13.8. The number of carbonyl (C=O) groups excluding carboxylic acids is 2. The molecule has 1 atom stereocenters. The number of rotatable bonds is 11. The van der Waals surface area contributed by atoms with Crippen molar-refractivity contribution in [3.8, 4) is 23.0 Å². The van der Waals surface area contributed by atoms with Crippen LogP contribution in [-0.2, 0) is 14.3 Å². The summed E-state index contributed by atoms with van der Waals surface area (Å²) in [5.74, 6) is 0.724. The Morgan fingerprint density at radius 1 is 1.07 bits per heavy atom. The summed E-state index contributed by atoms with van der Waals surface area (Å²) in [5, 5.41) is 0. The number of allylic oxidation sites excluding steroid dienone is 1. The third-order valence-electron chi connectivity index (χ3n) is 6.50. The van der Waals surface area contributed by atoms with Crippen LogP contribution >= 0.6 is 33.9 Å². The van der Waals surface area contributed by atoms with Crippen LogP contribution < -0.4 is 33.8 Å². The van der Waals surface area contributed by atoms with Crippen molar-refractivity contribution in [3.63, 3.8) is 0 Å². The molecular formula is C31H33IN2O8S. The zero-order valence-electron chi connectivity index (χ0n) is 24.8. The lowest BCUT2D eigenvalue weighted by Crippen LogP contribution is -2.40. The standard InChI is InChI=1S/C31H33IN2O8S/c1-7-10-22-26(30(37)41-9-3)27(20-16-19(38-5)11-12-23(20)39-6)34-29(36)25(43-31(34)33-22)15-18-13-21(32)28(42-17(4)35)24(14-18)40-8-2/h11-16,27H,7-10H2,1-6H3/b25-15-/t27-/m0/s1. The smallest absolute Gasteiger partial charge is 0.338 e. The first-order valence-corrected chi connectivity index (χ1v) is 15.6. The Kier molecular flexibility index (Phi) is 10.7. The first kappa shape index (κ1) is 32.3. The molecule has 10 nitrogen and oxygen atoms in total. The van der Waals surface area contributed by atoms with Gasteiger partial charge in [-0.25, -0.2) is 9.79 Å². The zero-order valence-corrected chi connectivity index (χ0v) is 27.8. The minimum atomic E-state index is -0.866. The number of carbonyl (C=O) groups is 2. The molecule has 2 aromatic carbocycles. The molecule has 0 unspecified atom stereocenters. The Labute approximate surface area is 266 Å². The maximum absolute atomic E-state index is 14.2. The third kappa shape index (κ3) is 6.80. The van der Waals surface area contributed by atoms with E-state index in [-0.39, 0.29) is 17.7 Å². The number of methoxy groups -OCH3 is 2. The van der Waals surface area contributed by atoms with E-state index in [4.69, 9.17) is 28.7 Å². The van der Waals surface area contributed by atoms with E-state index in [2.05, 4.69) is 22.6 Å². The molecule has 1 aliphatic rings. The van der Waals surface area contributed by atoms with Gasteiger partial charge in [-0.1, -0.05) is 24.7 Å². The van der Waals surface area contributed by atoms with Gasteiger partial charge in [0, 0.05) is 12.5 Å². The number of hydrogen-bond acceptors (Lipinski definition) is 10. The number of nitrogens with zero attached hydrogens (tertiary/aromatic N) is 2. The fourth-order valence-electron chi connectivity index (χ4n) is 4.80. The van der Waals surface area contributed by atoms with Gasteiger partial charge in [-0.3, -0.25) is 14.2 Å². The molecule has 228 valence electrons. The number of aromatic nitrogens is 1. The molecule has 1 aliphatic heterocycles. The fraction of sp³-hybridized carbons (Fsp3) is 0.355. The molecule has 0 radical (unpaired) electrons. The summed E-state index contributed by atoms with van der Waals surface area (Å²) >= 11 is 3.28. The zero-order chi connectivity index (χ0) is 31.3. The van der Waals surface area contributed by atoms with E-state index in [1.165, 1.54) is 29.9 Å². The van der Waals surface area contributed by atoms with Crippen LogP contribution in [0.25, 0.3) is 6.08 Å². The fourth-order valence-corrected chi connectivity index (χ4v) is 6.55. The minimum absolute atomic E-state index is 0.165. The SMILES string of the molecule is CCCC1=C(C(=O)OCC)[C@H](c2cc(OC)ccc2OC)n2c(s/c(=C\c3cc(I)c(OC(C)=O)c(OCC)c3)c2=O)=N1. The van der Waals surface area contributed by atoms with E-state index < -0.39 is 18.0 Å². The van der Waals surface area contributed by atoms with E-state index >= 15 is 0 Å². The van der Waals surface area contributed by atoms with Crippen molar-refractivity contribution in [2.24, 2.45) is 4.99 Å². The normalized spacial score (nSPS) is 14.6. The highest BCUT2D eigenvalue weighted by Gasteiger charge is 2.36. The second-order valence-electron chi connectivity index (χ2n) is 9.38. The van der Waals surface area contributed by atoms with Gasteiger partial charge in [0.15, 0.2) is 16.3 Å². The molecule has 0 fully saturated rings. The van der Waals surface area contributed by atoms with E-state index in [9.17, 15) is 14.4 Å². The van der Waals surface area contributed by atoms with E-state index in [1.807, 2.05) is 13.8 Å². The lowest BCUT2D eigenvalue weighted by atomic mass is 9.93. The van der Waals surface area contributed by atoms with E-state index in [1.54, 1.807) is 50.4 Å². The molecule has 3 aromatic rings. The molecule has 0 aliphatic carbocycles. The lowest BCUT2D eigenvalue weighted by Gasteiger charge is -2.27. The van der Waals surface area contributed by atoms with Gasteiger partial charge in [0.05, 0.1) is 46.8 Å². The van der Waals surface area contributed by atoms with Crippen LogP contribution in [0.1, 0.15) is 57.7 Å². The van der Waals surface area contributed by atoms with Crippen molar-refractivity contribution < 1.29 is 33.3 Å². The average molecular weight is 721 g/mol. The molecule has 0 spiro atoms. The van der Waals surface area contributed by atoms with Crippen LogP contribution in [0.4, 0.5) is 0 Å². The van der Waals surface area contributed by atoms with Crippen molar-refractivity contribution in [2.75, 3.05) is 27.4 Å². The lowest BCUT2D eigenvalue weighted by molar-refractivity contribution is -0.139. The van der Waals surface area contributed by atoms with Gasteiger partial charge >= 0.3 is 11.9 Å².